The zero-order chi connectivity index (χ0) is 33.0. The Morgan fingerprint density at radius 2 is 1.82 bits per heavy atom. The number of nitrogens with two attached hydrogens (primary N) is 1. The second-order valence-corrected chi connectivity index (χ2v) is 11.5. The minimum Gasteiger partial charge on any atom is -0.508 e. The number of ether oxygens (including phenoxy) is 1. The van der Waals surface area contributed by atoms with Crippen molar-refractivity contribution < 1.29 is 49.1 Å². The summed E-state index contributed by atoms with van der Waals surface area (Å²) in [6.45, 7) is 1.50. The highest BCUT2D eigenvalue weighted by atomic mass is 16.5. The van der Waals surface area contributed by atoms with Crippen LogP contribution in [0.2, 0.25) is 0 Å². The number of nitrogens with zero attached hydrogens (tertiary/aromatic N) is 1. The van der Waals surface area contributed by atoms with Crippen molar-refractivity contribution in [3.63, 3.8) is 0 Å². The molecule has 0 aliphatic heterocycles. The number of phenols is 1. The van der Waals surface area contributed by atoms with Gasteiger partial charge < -0.3 is 36.2 Å². The SMILES string of the molecule is CCOC(=O)CNC(=O)c1cccc(-c2ccc(O)c3c2C[C@H]2C[C@H]4[C@H](N(C)C)C(=O)C(C(N)=O)=C(O)[C@@]4(O)C(=O)C2=C3O)c1. The van der Waals surface area contributed by atoms with Crippen molar-refractivity contribution in [3.05, 3.63) is 70.0 Å². The number of aliphatic hydroxyl groups excluding tert-OH is 2. The monoisotopic (exact) mass is 619 g/mol. The molecule has 45 heavy (non-hydrogen) atoms. The van der Waals surface area contributed by atoms with Crippen LogP contribution in [-0.2, 0) is 30.3 Å². The van der Waals surface area contributed by atoms with Crippen LogP contribution < -0.4 is 11.1 Å². The minimum atomic E-state index is -2.73. The summed E-state index contributed by atoms with van der Waals surface area (Å²) in [5.41, 5.74) is 3.17. The molecule has 5 rings (SSSR count). The largest absolute Gasteiger partial charge is 0.508 e. The van der Waals surface area contributed by atoms with E-state index in [9.17, 15) is 44.4 Å². The number of hydrogen-bond acceptors (Lipinski definition) is 11. The number of aromatic hydroxyl groups is 1. The van der Waals surface area contributed by atoms with E-state index in [1.807, 2.05) is 0 Å². The number of rotatable bonds is 7. The molecule has 2 aromatic rings. The number of benzene rings is 2. The van der Waals surface area contributed by atoms with Gasteiger partial charge in [-0.15, -0.1) is 0 Å². The van der Waals surface area contributed by atoms with Gasteiger partial charge in [-0.25, -0.2) is 0 Å². The fraction of sp³-hybridized carbons (Fsp3) is 0.344. The zero-order valence-electron chi connectivity index (χ0n) is 24.8. The first-order chi connectivity index (χ1) is 21.2. The van der Waals surface area contributed by atoms with Crippen molar-refractivity contribution in [1.29, 1.82) is 0 Å². The highest BCUT2D eigenvalue weighted by molar-refractivity contribution is 6.24. The van der Waals surface area contributed by atoms with Crippen LogP contribution >= 0.6 is 0 Å². The highest BCUT2D eigenvalue weighted by Gasteiger charge is 2.64. The number of likely N-dealkylation sites (N-methyl/N-ethyl adjacent to an activating group) is 1. The van der Waals surface area contributed by atoms with Crippen LogP contribution in [0.5, 0.6) is 5.75 Å². The van der Waals surface area contributed by atoms with Crippen LogP contribution in [0.1, 0.15) is 34.8 Å². The fourth-order valence-electron chi connectivity index (χ4n) is 6.81. The lowest BCUT2D eigenvalue weighted by molar-refractivity contribution is -0.153. The van der Waals surface area contributed by atoms with Gasteiger partial charge in [-0.1, -0.05) is 18.2 Å². The number of carbonyl (C=O) groups is 5. The van der Waals surface area contributed by atoms with E-state index < -0.39 is 69.9 Å². The number of hydrogen-bond donors (Lipinski definition) is 6. The molecule has 0 saturated heterocycles. The van der Waals surface area contributed by atoms with Gasteiger partial charge in [-0.05, 0) is 74.7 Å². The van der Waals surface area contributed by atoms with Crippen LogP contribution in [0.4, 0.5) is 0 Å². The van der Waals surface area contributed by atoms with Gasteiger partial charge in [-0.3, -0.25) is 28.9 Å². The number of nitrogens with one attached hydrogen (secondary N) is 1. The summed E-state index contributed by atoms with van der Waals surface area (Å²) in [6.07, 6.45) is 0.0225. The van der Waals surface area contributed by atoms with Gasteiger partial charge in [0.1, 0.15) is 29.4 Å². The summed E-state index contributed by atoms with van der Waals surface area (Å²) in [5.74, 6) is -8.46. The predicted molar refractivity (Wildman–Crippen MR) is 159 cm³/mol. The Labute approximate surface area is 257 Å². The van der Waals surface area contributed by atoms with Crippen molar-refractivity contribution in [2.45, 2.75) is 31.4 Å². The Hall–Kier alpha value is -5.01. The molecule has 1 fully saturated rings. The van der Waals surface area contributed by atoms with Crippen LogP contribution in [0.15, 0.2) is 53.3 Å². The lowest BCUT2D eigenvalue weighted by atomic mass is 9.57. The van der Waals surface area contributed by atoms with E-state index >= 15 is 0 Å². The first-order valence-corrected chi connectivity index (χ1v) is 14.3. The second kappa shape index (κ2) is 11.5. The van der Waals surface area contributed by atoms with Gasteiger partial charge >= 0.3 is 5.97 Å². The van der Waals surface area contributed by atoms with Crippen molar-refractivity contribution in [1.82, 2.24) is 10.2 Å². The molecule has 0 spiro atoms. The normalized spacial score (nSPS) is 24.2. The van der Waals surface area contributed by atoms with Crippen LogP contribution in [-0.4, -0.2) is 93.6 Å². The molecule has 3 aliphatic rings. The average Bonchev–Trinajstić information content (AvgIpc) is 2.97. The van der Waals surface area contributed by atoms with Crippen molar-refractivity contribution >= 4 is 35.1 Å². The number of ketones is 2. The number of esters is 1. The molecule has 1 saturated carbocycles. The molecule has 0 heterocycles. The molecular weight excluding hydrogens is 586 g/mol. The number of carbonyl (C=O) groups excluding carboxylic acids is 5. The van der Waals surface area contributed by atoms with E-state index in [2.05, 4.69) is 5.32 Å². The average molecular weight is 620 g/mol. The molecule has 0 aromatic heterocycles. The summed E-state index contributed by atoms with van der Waals surface area (Å²) in [5, 5.41) is 47.6. The quantitative estimate of drug-likeness (QED) is 0.189. The van der Waals surface area contributed by atoms with Gasteiger partial charge in [0, 0.05) is 17.1 Å². The van der Waals surface area contributed by atoms with Crippen molar-refractivity contribution in [2.75, 3.05) is 27.2 Å². The van der Waals surface area contributed by atoms with E-state index in [0.29, 0.717) is 16.7 Å². The third-order valence-electron chi connectivity index (χ3n) is 8.74. The van der Waals surface area contributed by atoms with Crippen molar-refractivity contribution in [2.24, 2.45) is 17.6 Å². The molecule has 0 unspecified atom stereocenters. The Balaban J connectivity index is 1.60. The number of primary amides is 1. The Kier molecular flexibility index (Phi) is 8.02. The lowest BCUT2D eigenvalue weighted by Crippen LogP contribution is -2.65. The standard InChI is InChI=1S/C32H33N3O10/c1-4-45-21(37)13-34-31(43)15-7-5-6-14(10-15)17-8-9-20(36)23-18(17)11-16-12-19-25(35(2)3)27(39)24(30(33)42)29(41)32(19,44)28(40)22(16)26(23)38/h5-10,16,19,25,36,38,41,44H,4,11-13H2,1-3H3,(H2,33,42)(H,34,43)/t16-,19-,25-,32-/m0/s1. The Bertz CT molecular complexity index is 1730. The van der Waals surface area contributed by atoms with Crippen LogP contribution in [0, 0.1) is 11.8 Å². The maximum Gasteiger partial charge on any atom is 0.325 e. The van der Waals surface area contributed by atoms with E-state index in [-0.39, 0.29) is 48.4 Å². The summed E-state index contributed by atoms with van der Waals surface area (Å²) in [6, 6.07) is 8.18. The fourth-order valence-corrected chi connectivity index (χ4v) is 6.81. The maximum atomic E-state index is 14.0. The Morgan fingerprint density at radius 1 is 1.11 bits per heavy atom. The first-order valence-electron chi connectivity index (χ1n) is 14.3. The Morgan fingerprint density at radius 3 is 2.47 bits per heavy atom. The number of Topliss-reactive ketones (excluding diaryl/α,β-unsaturated/α-hetero) is 2. The van der Waals surface area contributed by atoms with E-state index in [0.717, 1.165) is 0 Å². The van der Waals surface area contributed by atoms with Crippen LogP contribution in [0.25, 0.3) is 16.9 Å². The number of phenolic OH excluding ortho intramolecular Hbond substituents is 1. The maximum absolute atomic E-state index is 14.0. The van der Waals surface area contributed by atoms with Gasteiger partial charge in [0.25, 0.3) is 11.8 Å². The topological polar surface area (TPSA) is 217 Å². The number of aliphatic hydroxyl groups is 3. The molecule has 4 atom stereocenters. The first kappa shape index (κ1) is 31.4. The van der Waals surface area contributed by atoms with Crippen molar-refractivity contribution in [3.8, 4) is 16.9 Å². The highest BCUT2D eigenvalue weighted by Crippen LogP contribution is 2.53. The van der Waals surface area contributed by atoms with E-state index in [1.54, 1.807) is 37.3 Å². The molecule has 0 bridgehead atoms. The van der Waals surface area contributed by atoms with Gasteiger partial charge in [0.05, 0.1) is 18.2 Å². The van der Waals surface area contributed by atoms with Gasteiger partial charge in [-0.2, -0.15) is 0 Å². The summed E-state index contributed by atoms with van der Waals surface area (Å²) >= 11 is 0. The molecule has 7 N–H and O–H groups in total. The molecule has 13 nitrogen and oxygen atoms in total. The molecule has 0 radical (unpaired) electrons. The molecule has 236 valence electrons. The number of amides is 2. The zero-order valence-corrected chi connectivity index (χ0v) is 24.8. The lowest BCUT2D eigenvalue weighted by Gasteiger charge is -2.50. The third-order valence-corrected chi connectivity index (χ3v) is 8.74. The summed E-state index contributed by atoms with van der Waals surface area (Å²) in [7, 11) is 3.05. The van der Waals surface area contributed by atoms with E-state index in [1.165, 1.54) is 25.1 Å². The van der Waals surface area contributed by atoms with Crippen LogP contribution in [0.3, 0.4) is 0 Å². The van der Waals surface area contributed by atoms with Gasteiger partial charge in [0.15, 0.2) is 11.4 Å². The molecule has 2 amide bonds. The minimum absolute atomic E-state index is 0.0584. The molecule has 3 aliphatic carbocycles. The summed E-state index contributed by atoms with van der Waals surface area (Å²) in [4.78, 5) is 65.4. The molecule has 13 heteroatoms. The summed E-state index contributed by atoms with van der Waals surface area (Å²) < 4.78 is 4.84. The third kappa shape index (κ3) is 4.93. The van der Waals surface area contributed by atoms with Gasteiger partial charge in [0.2, 0.25) is 5.78 Å². The van der Waals surface area contributed by atoms with E-state index in [4.69, 9.17) is 10.5 Å². The second-order valence-electron chi connectivity index (χ2n) is 11.5. The molecular formula is C32H33N3O10. The molecule has 2 aromatic carbocycles. The smallest absolute Gasteiger partial charge is 0.325 e. The number of fused-ring (bicyclic) bond motifs is 3. The predicted octanol–water partition coefficient (Wildman–Crippen LogP) is 0.924.